The topological polar surface area (TPSA) is 51.0 Å². The molecule has 1 aliphatic rings. The molecule has 0 saturated carbocycles. The maximum Gasteiger partial charge on any atom is 0.253 e. The van der Waals surface area contributed by atoms with E-state index in [4.69, 9.17) is 0 Å². The van der Waals surface area contributed by atoms with E-state index in [1.807, 2.05) is 29.2 Å². The van der Waals surface area contributed by atoms with Gasteiger partial charge in [0.05, 0.1) is 6.54 Å². The van der Waals surface area contributed by atoms with Gasteiger partial charge in [0.15, 0.2) is 0 Å². The van der Waals surface area contributed by atoms with E-state index in [1.54, 1.807) is 11.0 Å². The first-order chi connectivity index (χ1) is 14.2. The van der Waals surface area contributed by atoms with Gasteiger partial charge in [-0.15, -0.1) is 0 Å². The average Bonchev–Trinajstić information content (AvgIpc) is 3.27. The number of amides is 1. The Morgan fingerprint density at radius 2 is 1.69 bits per heavy atom. The second-order valence-electron chi connectivity index (χ2n) is 8.05. The highest BCUT2D eigenvalue weighted by atomic mass is 16.2. The van der Waals surface area contributed by atoms with Crippen molar-refractivity contribution in [3.63, 3.8) is 0 Å². The zero-order valence-electron chi connectivity index (χ0n) is 17.0. The molecule has 1 aromatic heterocycles. The van der Waals surface area contributed by atoms with Crippen molar-refractivity contribution in [3.05, 3.63) is 83.4 Å². The van der Waals surface area contributed by atoms with Crippen molar-refractivity contribution >= 4 is 5.91 Å². The van der Waals surface area contributed by atoms with Gasteiger partial charge in [-0.2, -0.15) is 5.10 Å². The van der Waals surface area contributed by atoms with Gasteiger partial charge in [-0.3, -0.25) is 4.79 Å². The summed E-state index contributed by atoms with van der Waals surface area (Å²) >= 11 is 0. The molecule has 2 aromatic carbocycles. The highest BCUT2D eigenvalue weighted by Gasteiger charge is 2.23. The van der Waals surface area contributed by atoms with Crippen LogP contribution in [-0.4, -0.2) is 38.7 Å². The molecule has 0 unspecified atom stereocenters. The molecule has 3 aromatic rings. The zero-order valence-corrected chi connectivity index (χ0v) is 17.0. The molecule has 1 fully saturated rings. The third-order valence-electron chi connectivity index (χ3n) is 5.88. The lowest BCUT2D eigenvalue weighted by molar-refractivity contribution is 0.0687. The fourth-order valence-corrected chi connectivity index (χ4v) is 3.99. The molecule has 4 rings (SSSR count). The van der Waals surface area contributed by atoms with Crippen LogP contribution in [0.25, 0.3) is 0 Å². The number of hydrogen-bond donors (Lipinski definition) is 0. The standard InChI is InChI=1S/C24H28N4O/c1-19-2-4-20(5-3-19)6-7-21-12-14-27(15-13-21)24(29)23-10-8-22(9-11-23)16-28-18-25-17-26-28/h2-5,8-11,17-18,21H,6-7,12-16H2,1H3. The number of carbonyl (C=O) groups is 1. The van der Waals surface area contributed by atoms with Crippen LogP contribution in [-0.2, 0) is 13.0 Å². The summed E-state index contributed by atoms with van der Waals surface area (Å²) in [7, 11) is 0. The van der Waals surface area contributed by atoms with Crippen LogP contribution in [0.2, 0.25) is 0 Å². The Labute approximate surface area is 172 Å². The SMILES string of the molecule is Cc1ccc(CCC2CCN(C(=O)c3ccc(Cn4cncn4)cc3)CC2)cc1. The van der Waals surface area contributed by atoms with Gasteiger partial charge in [0.2, 0.25) is 0 Å². The molecular formula is C24H28N4O. The van der Waals surface area contributed by atoms with Gasteiger partial charge in [0.1, 0.15) is 12.7 Å². The Bertz CT molecular complexity index is 909. The number of aryl methyl sites for hydroxylation is 2. The molecular weight excluding hydrogens is 360 g/mol. The van der Waals surface area contributed by atoms with Crippen LogP contribution in [0.1, 0.15) is 46.3 Å². The van der Waals surface area contributed by atoms with Crippen LogP contribution in [0.15, 0.2) is 61.2 Å². The number of nitrogens with zero attached hydrogens (tertiary/aromatic N) is 4. The van der Waals surface area contributed by atoms with E-state index >= 15 is 0 Å². The van der Waals surface area contributed by atoms with Crippen LogP contribution in [0.4, 0.5) is 0 Å². The maximum atomic E-state index is 12.8. The third kappa shape index (κ3) is 5.11. The Hall–Kier alpha value is -2.95. The fraction of sp³-hybridized carbons (Fsp3) is 0.375. The van der Waals surface area contributed by atoms with Crippen molar-refractivity contribution in [3.8, 4) is 0 Å². The molecule has 0 bridgehead atoms. The lowest BCUT2D eigenvalue weighted by Crippen LogP contribution is -2.38. The van der Waals surface area contributed by atoms with Crippen LogP contribution >= 0.6 is 0 Å². The summed E-state index contributed by atoms with van der Waals surface area (Å²) in [6.45, 7) is 4.51. The van der Waals surface area contributed by atoms with Crippen molar-refractivity contribution in [2.24, 2.45) is 5.92 Å². The number of benzene rings is 2. The van der Waals surface area contributed by atoms with Crippen LogP contribution in [0, 0.1) is 12.8 Å². The molecule has 0 radical (unpaired) electrons. The first-order valence-electron chi connectivity index (χ1n) is 10.4. The Morgan fingerprint density at radius 3 is 2.34 bits per heavy atom. The monoisotopic (exact) mass is 388 g/mol. The predicted molar refractivity (Wildman–Crippen MR) is 114 cm³/mol. The van der Waals surface area contributed by atoms with Gasteiger partial charge in [-0.25, -0.2) is 9.67 Å². The van der Waals surface area contributed by atoms with Crippen LogP contribution in [0.5, 0.6) is 0 Å². The molecule has 0 spiro atoms. The van der Waals surface area contributed by atoms with Gasteiger partial charge >= 0.3 is 0 Å². The van der Waals surface area contributed by atoms with E-state index in [9.17, 15) is 4.79 Å². The number of carbonyl (C=O) groups excluding carboxylic acids is 1. The number of likely N-dealkylation sites (tertiary alicyclic amines) is 1. The fourth-order valence-electron chi connectivity index (χ4n) is 3.99. The van der Waals surface area contributed by atoms with E-state index in [0.29, 0.717) is 12.5 Å². The number of hydrogen-bond acceptors (Lipinski definition) is 3. The summed E-state index contributed by atoms with van der Waals surface area (Å²) in [5, 5.41) is 4.12. The largest absolute Gasteiger partial charge is 0.339 e. The second-order valence-corrected chi connectivity index (χ2v) is 8.05. The number of piperidine rings is 1. The minimum atomic E-state index is 0.147. The van der Waals surface area contributed by atoms with Gasteiger partial charge in [0.25, 0.3) is 5.91 Å². The second kappa shape index (κ2) is 9.03. The van der Waals surface area contributed by atoms with E-state index in [1.165, 1.54) is 23.9 Å². The third-order valence-corrected chi connectivity index (χ3v) is 5.88. The first kappa shape index (κ1) is 19.4. The van der Waals surface area contributed by atoms with E-state index in [-0.39, 0.29) is 5.91 Å². The summed E-state index contributed by atoms with van der Waals surface area (Å²) in [5.74, 6) is 0.861. The summed E-state index contributed by atoms with van der Waals surface area (Å²) < 4.78 is 1.78. The van der Waals surface area contributed by atoms with Gasteiger partial charge < -0.3 is 4.90 Å². The van der Waals surface area contributed by atoms with Crippen LogP contribution < -0.4 is 0 Å². The molecule has 1 aliphatic heterocycles. The molecule has 1 amide bonds. The molecule has 0 N–H and O–H groups in total. The zero-order chi connectivity index (χ0) is 20.1. The van der Waals surface area contributed by atoms with Crippen molar-refractivity contribution in [2.75, 3.05) is 13.1 Å². The summed E-state index contributed by atoms with van der Waals surface area (Å²) in [5.41, 5.74) is 4.61. The minimum absolute atomic E-state index is 0.147. The quantitative estimate of drug-likeness (QED) is 0.638. The Morgan fingerprint density at radius 1 is 1.00 bits per heavy atom. The normalized spacial score (nSPS) is 14.9. The van der Waals surface area contributed by atoms with Gasteiger partial charge in [-0.05, 0) is 61.8 Å². The van der Waals surface area contributed by atoms with Crippen molar-refractivity contribution in [2.45, 2.75) is 39.2 Å². The first-order valence-corrected chi connectivity index (χ1v) is 10.4. The molecule has 150 valence electrons. The molecule has 29 heavy (non-hydrogen) atoms. The predicted octanol–water partition coefficient (Wildman–Crippen LogP) is 4.12. The van der Waals surface area contributed by atoms with E-state index < -0.39 is 0 Å². The van der Waals surface area contributed by atoms with Crippen molar-refractivity contribution < 1.29 is 4.79 Å². The van der Waals surface area contributed by atoms with Crippen LogP contribution in [0.3, 0.4) is 0 Å². The molecule has 1 saturated heterocycles. The summed E-state index contributed by atoms with van der Waals surface area (Å²) in [4.78, 5) is 18.8. The number of rotatable bonds is 6. The van der Waals surface area contributed by atoms with Gasteiger partial charge in [-0.1, -0.05) is 42.0 Å². The van der Waals surface area contributed by atoms with E-state index in [0.717, 1.165) is 43.5 Å². The van der Waals surface area contributed by atoms with Crippen molar-refractivity contribution in [1.82, 2.24) is 19.7 Å². The van der Waals surface area contributed by atoms with E-state index in [2.05, 4.69) is 41.3 Å². The smallest absolute Gasteiger partial charge is 0.253 e. The van der Waals surface area contributed by atoms with Crippen molar-refractivity contribution in [1.29, 1.82) is 0 Å². The maximum absolute atomic E-state index is 12.8. The molecule has 2 heterocycles. The summed E-state index contributed by atoms with van der Waals surface area (Å²) in [6.07, 6.45) is 7.77. The Kier molecular flexibility index (Phi) is 6.03. The summed E-state index contributed by atoms with van der Waals surface area (Å²) in [6, 6.07) is 16.7. The average molecular weight is 389 g/mol. The highest BCUT2D eigenvalue weighted by molar-refractivity contribution is 5.94. The highest BCUT2D eigenvalue weighted by Crippen LogP contribution is 2.24. The molecule has 5 nitrogen and oxygen atoms in total. The molecule has 0 aliphatic carbocycles. The minimum Gasteiger partial charge on any atom is -0.339 e. The molecule has 0 atom stereocenters. The van der Waals surface area contributed by atoms with Gasteiger partial charge in [0, 0.05) is 18.7 Å². The Balaban J connectivity index is 1.25. The number of aromatic nitrogens is 3. The lowest BCUT2D eigenvalue weighted by Gasteiger charge is -2.32. The lowest BCUT2D eigenvalue weighted by atomic mass is 9.90. The molecule has 5 heteroatoms.